The van der Waals surface area contributed by atoms with Crippen molar-refractivity contribution in [2.45, 2.75) is 88.5 Å². The van der Waals surface area contributed by atoms with Gasteiger partial charge in [-0.15, -0.1) is 4.90 Å². The van der Waals surface area contributed by atoms with Crippen molar-refractivity contribution >= 4 is 75.3 Å². The molecule has 1 saturated carbocycles. The van der Waals surface area contributed by atoms with Crippen LogP contribution in [0.15, 0.2) is 36.4 Å². The van der Waals surface area contributed by atoms with Crippen molar-refractivity contribution in [3.05, 3.63) is 52.5 Å². The second-order valence-corrected chi connectivity index (χ2v) is 16.3. The summed E-state index contributed by atoms with van der Waals surface area (Å²) in [7, 11) is 0. The molecule has 0 radical (unpaired) electrons. The number of hydrogen-bond acceptors (Lipinski definition) is 10. The number of piperazine rings is 1. The fourth-order valence-corrected chi connectivity index (χ4v) is 8.74. The van der Waals surface area contributed by atoms with Crippen molar-refractivity contribution in [1.29, 1.82) is 5.26 Å². The van der Waals surface area contributed by atoms with E-state index in [0.29, 0.717) is 31.4 Å². The predicted molar refractivity (Wildman–Crippen MR) is 212 cm³/mol. The number of piperidine rings is 1. The Morgan fingerprint density at radius 2 is 1.73 bits per heavy atom. The number of carbonyl (C=O) groups is 4. The number of nitrogens with one attached hydrogen (secondary N) is 3. The van der Waals surface area contributed by atoms with Gasteiger partial charge in [0.15, 0.2) is 0 Å². The molecular weight excluding hydrogens is 842 g/mol. The van der Waals surface area contributed by atoms with Crippen LogP contribution in [0.3, 0.4) is 0 Å². The molecule has 3 aliphatic heterocycles. The van der Waals surface area contributed by atoms with Crippen LogP contribution in [0, 0.1) is 11.3 Å². The zero-order chi connectivity index (χ0) is 43.7. The van der Waals surface area contributed by atoms with Gasteiger partial charge in [-0.05, 0) is 69.5 Å². The molecule has 2 aromatic carbocycles. The molecule has 21 heteroatoms. The minimum Gasteiger partial charge on any atom is -0.377 e. The quantitative estimate of drug-likeness (QED) is 0.122. The van der Waals surface area contributed by atoms with Gasteiger partial charge in [-0.25, -0.2) is 9.37 Å². The van der Waals surface area contributed by atoms with Crippen LogP contribution >= 0.6 is 23.8 Å². The van der Waals surface area contributed by atoms with Crippen LogP contribution in [0.2, 0.25) is 5.02 Å². The molecule has 2 atom stereocenters. The van der Waals surface area contributed by atoms with Crippen molar-refractivity contribution in [3.8, 4) is 6.07 Å². The Hall–Kier alpha value is -4.68. The Bertz CT molecular complexity index is 2130. The van der Waals surface area contributed by atoms with E-state index in [-0.39, 0.29) is 79.1 Å². The third-order valence-corrected chi connectivity index (χ3v) is 11.6. The summed E-state index contributed by atoms with van der Waals surface area (Å²) in [6, 6.07) is 6.33. The maximum absolute atomic E-state index is 14.3. The van der Waals surface area contributed by atoms with Crippen molar-refractivity contribution in [2.24, 2.45) is 0 Å². The summed E-state index contributed by atoms with van der Waals surface area (Å²) in [6.07, 6.45) is -7.35. The van der Waals surface area contributed by atoms with E-state index in [2.05, 4.69) is 16.0 Å². The summed E-state index contributed by atoms with van der Waals surface area (Å²) in [5.41, 5.74) is -1.67. The smallest absolute Gasteiger partial charge is 0.377 e. The highest BCUT2D eigenvalue weighted by molar-refractivity contribution is 7.80. The summed E-state index contributed by atoms with van der Waals surface area (Å²) in [5, 5.41) is 17.2. The van der Waals surface area contributed by atoms with E-state index in [1.807, 2.05) is 0 Å². The summed E-state index contributed by atoms with van der Waals surface area (Å²) in [6.45, 7) is 2.91. The molecule has 1 aliphatic carbocycles. The van der Waals surface area contributed by atoms with Gasteiger partial charge in [0.05, 0.1) is 42.2 Å². The average molecular weight is 884 g/mol. The fraction of sp³-hybridized carbons (Fsp3) is 0.513. The minimum atomic E-state index is -4.83. The summed E-state index contributed by atoms with van der Waals surface area (Å²) < 4.78 is 91.9. The van der Waals surface area contributed by atoms with Crippen LogP contribution in [-0.4, -0.2) is 118 Å². The Labute approximate surface area is 351 Å². The van der Waals surface area contributed by atoms with E-state index in [0.717, 1.165) is 27.6 Å². The Morgan fingerprint density at radius 3 is 2.38 bits per heavy atom. The molecule has 322 valence electrons. The van der Waals surface area contributed by atoms with E-state index >= 15 is 0 Å². The molecule has 3 heterocycles. The predicted octanol–water partition coefficient (Wildman–Crippen LogP) is 5.46. The van der Waals surface area contributed by atoms with Gasteiger partial charge in [-0.2, -0.15) is 31.6 Å². The van der Waals surface area contributed by atoms with E-state index in [9.17, 15) is 50.8 Å². The largest absolute Gasteiger partial charge is 0.417 e. The molecular formula is C39H42ClF6N8O5S+. The third-order valence-electron chi connectivity index (χ3n) is 11.0. The number of benzene rings is 2. The lowest BCUT2D eigenvalue weighted by Crippen LogP contribution is -2.60. The number of alkyl halides is 6. The lowest BCUT2D eigenvalue weighted by molar-refractivity contribution is -0.468. The highest BCUT2D eigenvalue weighted by Crippen LogP contribution is 2.38. The SMILES string of the molecule is CC1(C)C(=O)N(c2ccc(C#N)c(C(F)(F)F)c2)C(=S)[N+]1=C1CCC(OCCN2CCN(CC(=O)Nc3cc(Cl)cc(NC4CCC(=O)NC4=O)c3)[C@@H](C(F)(F)F)C2)CC1. The third kappa shape index (κ3) is 10.1. The first-order valence-corrected chi connectivity index (χ1v) is 19.9. The molecule has 3 N–H and O–H groups in total. The van der Waals surface area contributed by atoms with Gasteiger partial charge in [0.25, 0.3) is 0 Å². The van der Waals surface area contributed by atoms with E-state index in [1.54, 1.807) is 23.3 Å². The van der Waals surface area contributed by atoms with Gasteiger partial charge in [0.2, 0.25) is 23.3 Å². The zero-order valence-corrected chi connectivity index (χ0v) is 34.1. The van der Waals surface area contributed by atoms with Gasteiger partial charge in [0.1, 0.15) is 17.8 Å². The Morgan fingerprint density at radius 1 is 1.03 bits per heavy atom. The van der Waals surface area contributed by atoms with Crippen molar-refractivity contribution in [3.63, 3.8) is 0 Å². The minimum absolute atomic E-state index is 0.0194. The van der Waals surface area contributed by atoms with E-state index in [4.69, 9.17) is 28.6 Å². The fourth-order valence-electron chi connectivity index (χ4n) is 7.96. The molecule has 0 spiro atoms. The second-order valence-electron chi connectivity index (χ2n) is 15.5. The zero-order valence-electron chi connectivity index (χ0n) is 32.5. The topological polar surface area (TPSA) is 150 Å². The molecule has 4 amide bonds. The summed E-state index contributed by atoms with van der Waals surface area (Å²) >= 11 is 11.9. The van der Waals surface area contributed by atoms with Crippen LogP contribution in [0.4, 0.5) is 43.4 Å². The molecule has 13 nitrogen and oxygen atoms in total. The molecule has 0 bridgehead atoms. The first-order chi connectivity index (χ1) is 28.1. The molecule has 4 fully saturated rings. The molecule has 0 aromatic heterocycles. The molecule has 6 rings (SSSR count). The molecule has 60 heavy (non-hydrogen) atoms. The standard InChI is InChI=1S/C39H41ClF6N8O5S/c1-37(2)35(58)53(27-4-3-22(19-47)29(18-27)38(41,42)43)36(60)54(37)26-5-7-28(8-6-26)59-14-13-51-11-12-52(31(20-51)39(44,45)46)21-33(56)49-25-16-23(40)15-24(17-25)48-30-9-10-32(55)50-34(30)57/h3-4,15-18,28,30-31,48H,5-14,20-21H2,1-2H3,(H-,49,50,55,56,57)/p+1/t28?,30?,31-/m1/s1. The van der Waals surface area contributed by atoms with Crippen LogP contribution in [-0.2, 0) is 30.1 Å². The van der Waals surface area contributed by atoms with Gasteiger partial charge >= 0.3 is 23.4 Å². The first-order valence-electron chi connectivity index (χ1n) is 19.2. The van der Waals surface area contributed by atoms with Crippen molar-refractivity contribution < 1.29 is 54.8 Å². The molecule has 1 unspecified atom stereocenters. The van der Waals surface area contributed by atoms with Crippen LogP contribution < -0.4 is 20.9 Å². The highest BCUT2D eigenvalue weighted by atomic mass is 35.5. The number of hydrogen-bond donors (Lipinski definition) is 3. The maximum Gasteiger partial charge on any atom is 0.417 e. The van der Waals surface area contributed by atoms with Gasteiger partial charge in [-0.1, -0.05) is 11.6 Å². The van der Waals surface area contributed by atoms with Crippen molar-refractivity contribution in [1.82, 2.24) is 15.1 Å². The average Bonchev–Trinajstić information content (AvgIpc) is 3.34. The maximum atomic E-state index is 14.3. The van der Waals surface area contributed by atoms with Gasteiger partial charge in [0, 0.05) is 74.1 Å². The highest BCUT2D eigenvalue weighted by Gasteiger charge is 2.57. The number of imide groups is 1. The number of nitriles is 1. The van der Waals surface area contributed by atoms with Crippen LogP contribution in [0.1, 0.15) is 63.5 Å². The van der Waals surface area contributed by atoms with Gasteiger partial charge in [-0.3, -0.25) is 29.5 Å². The van der Waals surface area contributed by atoms with E-state index < -0.39 is 65.4 Å². The molecule has 4 aliphatic rings. The van der Waals surface area contributed by atoms with Crippen LogP contribution in [0.25, 0.3) is 0 Å². The monoisotopic (exact) mass is 883 g/mol. The Balaban J connectivity index is 1.00. The first kappa shape index (κ1) is 44.9. The number of rotatable bonds is 10. The number of ether oxygens (including phenoxy) is 1. The number of carbonyl (C=O) groups excluding carboxylic acids is 4. The lowest BCUT2D eigenvalue weighted by atomic mass is 9.93. The molecule has 2 aromatic rings. The number of thiocarbonyl (C=S) groups is 1. The molecule has 3 saturated heterocycles. The number of amides is 4. The van der Waals surface area contributed by atoms with Gasteiger partial charge < -0.3 is 15.4 Å². The van der Waals surface area contributed by atoms with Crippen LogP contribution in [0.5, 0.6) is 0 Å². The van der Waals surface area contributed by atoms with Crippen molar-refractivity contribution in [2.75, 3.05) is 54.9 Å². The Kier molecular flexibility index (Phi) is 13.3. The number of nitrogens with zero attached hydrogens (tertiary/aromatic N) is 5. The summed E-state index contributed by atoms with van der Waals surface area (Å²) in [4.78, 5) is 54.0. The van der Waals surface area contributed by atoms with E-state index in [1.165, 1.54) is 30.3 Å². The lowest BCUT2D eigenvalue weighted by Gasteiger charge is -2.41. The number of anilines is 3. The summed E-state index contributed by atoms with van der Waals surface area (Å²) in [5.74, 6) is -2.11. The second kappa shape index (κ2) is 17.7. The number of halogens is 7. The normalized spacial score (nSPS) is 23.1.